The molecule has 0 amide bonds. The van der Waals surface area contributed by atoms with E-state index in [0.717, 1.165) is 6.54 Å². The molecule has 2 nitrogen and oxygen atoms in total. The van der Waals surface area contributed by atoms with Crippen LogP contribution in [0.3, 0.4) is 0 Å². The van der Waals surface area contributed by atoms with E-state index in [1.165, 1.54) is 30.6 Å². The second kappa shape index (κ2) is 7.82. The number of nitrogens with two attached hydrogens (primary N) is 1. The molecule has 0 aliphatic rings. The lowest BCUT2D eigenvalue weighted by Gasteiger charge is -2.16. The molecule has 1 rings (SSSR count). The van der Waals surface area contributed by atoms with Crippen molar-refractivity contribution in [2.75, 3.05) is 6.54 Å². The Balaban J connectivity index is 2.14. The number of unbranched alkanes of at least 4 members (excludes halogenated alkanes) is 2. The summed E-state index contributed by atoms with van der Waals surface area (Å²) in [5.74, 6) is 0. The summed E-state index contributed by atoms with van der Waals surface area (Å²) < 4.78 is 0. The van der Waals surface area contributed by atoms with E-state index in [9.17, 15) is 0 Å². The van der Waals surface area contributed by atoms with Crippen molar-refractivity contribution < 1.29 is 0 Å². The van der Waals surface area contributed by atoms with Crippen LogP contribution in [0.4, 0.5) is 0 Å². The first-order chi connectivity index (χ1) is 7.74. The summed E-state index contributed by atoms with van der Waals surface area (Å²) in [4.78, 5) is 1.27. The van der Waals surface area contributed by atoms with E-state index in [-0.39, 0.29) is 6.04 Å². The van der Waals surface area contributed by atoms with Crippen LogP contribution >= 0.6 is 11.3 Å². The van der Waals surface area contributed by atoms with Gasteiger partial charge >= 0.3 is 0 Å². The molecule has 16 heavy (non-hydrogen) atoms. The number of hydrogen-bond acceptors (Lipinski definition) is 3. The zero-order valence-corrected chi connectivity index (χ0v) is 11.2. The first-order valence-electron chi connectivity index (χ1n) is 6.26. The van der Waals surface area contributed by atoms with Gasteiger partial charge in [-0.1, -0.05) is 32.3 Å². The van der Waals surface area contributed by atoms with Crippen molar-refractivity contribution in [2.45, 2.75) is 51.6 Å². The summed E-state index contributed by atoms with van der Waals surface area (Å²) in [5.41, 5.74) is 6.09. The van der Waals surface area contributed by atoms with Gasteiger partial charge in [0.15, 0.2) is 0 Å². The van der Waals surface area contributed by atoms with E-state index in [0.29, 0.717) is 6.04 Å². The predicted molar refractivity (Wildman–Crippen MR) is 72.9 cm³/mol. The first-order valence-corrected chi connectivity index (χ1v) is 7.14. The van der Waals surface area contributed by atoms with Crippen LogP contribution in [0.2, 0.25) is 0 Å². The first kappa shape index (κ1) is 13.7. The Morgan fingerprint density at radius 2 is 2.25 bits per heavy atom. The van der Waals surface area contributed by atoms with E-state index >= 15 is 0 Å². The molecule has 0 bridgehead atoms. The lowest BCUT2D eigenvalue weighted by Crippen LogP contribution is -2.33. The molecule has 0 aliphatic heterocycles. The largest absolute Gasteiger partial charge is 0.322 e. The molecule has 0 radical (unpaired) electrons. The molecule has 1 aromatic heterocycles. The summed E-state index contributed by atoms with van der Waals surface area (Å²) in [5, 5.41) is 5.59. The molecule has 3 N–H and O–H groups in total. The number of thiophene rings is 1. The van der Waals surface area contributed by atoms with Gasteiger partial charge in [-0.2, -0.15) is 0 Å². The molecule has 0 aliphatic carbocycles. The fourth-order valence-electron chi connectivity index (χ4n) is 1.73. The molecule has 1 aromatic rings. The minimum absolute atomic E-state index is 0.147. The van der Waals surface area contributed by atoms with Gasteiger partial charge in [-0.15, -0.1) is 11.3 Å². The quantitative estimate of drug-likeness (QED) is 0.684. The summed E-state index contributed by atoms with van der Waals surface area (Å²) in [7, 11) is 0. The molecule has 0 saturated heterocycles. The lowest BCUT2D eigenvalue weighted by molar-refractivity contribution is 0.468. The van der Waals surface area contributed by atoms with Crippen LogP contribution < -0.4 is 11.1 Å². The molecule has 0 saturated carbocycles. The van der Waals surface area contributed by atoms with Crippen LogP contribution in [-0.4, -0.2) is 12.6 Å². The van der Waals surface area contributed by atoms with Crippen LogP contribution in [0, 0.1) is 0 Å². The van der Waals surface area contributed by atoms with Gasteiger partial charge in [0.1, 0.15) is 0 Å². The van der Waals surface area contributed by atoms with Crippen LogP contribution in [0.1, 0.15) is 50.4 Å². The molecule has 3 heteroatoms. The fourth-order valence-corrected chi connectivity index (χ4v) is 2.46. The fraction of sp³-hybridized carbons (Fsp3) is 0.692. The standard InChI is InChI=1S/C13H24N2S/c1-3-4-5-7-11(2)15-10-12(14)13-8-6-9-16-13/h6,8-9,11-12,15H,3-5,7,10,14H2,1-2H3. The van der Waals surface area contributed by atoms with Gasteiger partial charge in [-0.05, 0) is 24.8 Å². The second-order valence-electron chi connectivity index (χ2n) is 4.43. The van der Waals surface area contributed by atoms with Gasteiger partial charge in [0.05, 0.1) is 6.04 Å². The molecule has 2 unspecified atom stereocenters. The second-order valence-corrected chi connectivity index (χ2v) is 5.41. The highest BCUT2D eigenvalue weighted by atomic mass is 32.1. The smallest absolute Gasteiger partial charge is 0.0516 e. The molecule has 92 valence electrons. The normalized spacial score (nSPS) is 14.9. The van der Waals surface area contributed by atoms with Gasteiger partial charge in [0.2, 0.25) is 0 Å². The van der Waals surface area contributed by atoms with Crippen LogP contribution in [0.15, 0.2) is 17.5 Å². The third-order valence-corrected chi connectivity index (χ3v) is 3.84. The SMILES string of the molecule is CCCCCC(C)NCC(N)c1cccs1. The zero-order chi connectivity index (χ0) is 11.8. The van der Waals surface area contributed by atoms with Crippen LogP contribution in [0.5, 0.6) is 0 Å². The van der Waals surface area contributed by atoms with Gasteiger partial charge < -0.3 is 11.1 Å². The van der Waals surface area contributed by atoms with Gasteiger partial charge in [0, 0.05) is 17.5 Å². The Hall–Kier alpha value is -0.380. The highest BCUT2D eigenvalue weighted by Crippen LogP contribution is 2.16. The third-order valence-electron chi connectivity index (χ3n) is 2.84. The molecular formula is C13H24N2S. The number of nitrogens with one attached hydrogen (secondary N) is 1. The molecule has 1 heterocycles. The van der Waals surface area contributed by atoms with E-state index in [2.05, 4.69) is 36.7 Å². The summed E-state index contributed by atoms with van der Waals surface area (Å²) >= 11 is 1.74. The Morgan fingerprint density at radius 1 is 1.44 bits per heavy atom. The molecular weight excluding hydrogens is 216 g/mol. The van der Waals surface area contributed by atoms with Crippen LogP contribution in [0.25, 0.3) is 0 Å². The highest BCUT2D eigenvalue weighted by molar-refractivity contribution is 7.10. The average molecular weight is 240 g/mol. The van der Waals surface area contributed by atoms with Crippen molar-refractivity contribution in [3.8, 4) is 0 Å². The maximum Gasteiger partial charge on any atom is 0.0516 e. The highest BCUT2D eigenvalue weighted by Gasteiger charge is 2.08. The van der Waals surface area contributed by atoms with Crippen molar-refractivity contribution in [1.82, 2.24) is 5.32 Å². The van der Waals surface area contributed by atoms with E-state index < -0.39 is 0 Å². The van der Waals surface area contributed by atoms with Crippen LogP contribution in [-0.2, 0) is 0 Å². The Labute approximate surface area is 103 Å². The van der Waals surface area contributed by atoms with Crippen molar-refractivity contribution in [3.05, 3.63) is 22.4 Å². The van der Waals surface area contributed by atoms with Crippen molar-refractivity contribution in [3.63, 3.8) is 0 Å². The number of rotatable bonds is 8. The minimum Gasteiger partial charge on any atom is -0.322 e. The Bertz CT molecular complexity index is 259. The van der Waals surface area contributed by atoms with E-state index in [1.54, 1.807) is 11.3 Å². The van der Waals surface area contributed by atoms with E-state index in [4.69, 9.17) is 5.73 Å². The summed E-state index contributed by atoms with van der Waals surface area (Å²) in [6, 6.07) is 4.90. The maximum absolute atomic E-state index is 6.09. The van der Waals surface area contributed by atoms with Crippen molar-refractivity contribution in [1.29, 1.82) is 0 Å². The van der Waals surface area contributed by atoms with Gasteiger partial charge in [-0.3, -0.25) is 0 Å². The molecule has 2 atom stereocenters. The van der Waals surface area contributed by atoms with Crippen molar-refractivity contribution in [2.24, 2.45) is 5.73 Å². The minimum atomic E-state index is 0.147. The maximum atomic E-state index is 6.09. The summed E-state index contributed by atoms with van der Waals surface area (Å²) in [6.07, 6.45) is 5.20. The van der Waals surface area contributed by atoms with Gasteiger partial charge in [0.25, 0.3) is 0 Å². The monoisotopic (exact) mass is 240 g/mol. The topological polar surface area (TPSA) is 38.0 Å². The average Bonchev–Trinajstić information content (AvgIpc) is 2.79. The number of hydrogen-bond donors (Lipinski definition) is 2. The molecule has 0 spiro atoms. The Morgan fingerprint density at radius 3 is 2.88 bits per heavy atom. The molecule has 0 fully saturated rings. The molecule has 0 aromatic carbocycles. The predicted octanol–water partition coefficient (Wildman–Crippen LogP) is 3.31. The van der Waals surface area contributed by atoms with Gasteiger partial charge in [-0.25, -0.2) is 0 Å². The summed E-state index contributed by atoms with van der Waals surface area (Å²) in [6.45, 7) is 5.37. The lowest BCUT2D eigenvalue weighted by atomic mass is 10.1. The van der Waals surface area contributed by atoms with E-state index in [1.807, 2.05) is 0 Å². The van der Waals surface area contributed by atoms with Crippen molar-refractivity contribution >= 4 is 11.3 Å². The Kier molecular flexibility index (Phi) is 6.69. The third kappa shape index (κ3) is 5.10. The zero-order valence-electron chi connectivity index (χ0n) is 10.4.